The highest BCUT2D eigenvalue weighted by atomic mass is 35.5. The molecule has 1 aliphatic rings. The van der Waals surface area contributed by atoms with Crippen LogP contribution in [0.5, 0.6) is 0 Å². The number of rotatable bonds is 4. The summed E-state index contributed by atoms with van der Waals surface area (Å²) in [6.07, 6.45) is 3.81. The van der Waals surface area contributed by atoms with Gasteiger partial charge in [0.15, 0.2) is 11.6 Å². The van der Waals surface area contributed by atoms with Crippen LogP contribution in [0, 0.1) is 0 Å². The zero-order valence-electron chi connectivity index (χ0n) is 9.56. The Morgan fingerprint density at radius 3 is 2.61 bits per heavy atom. The number of carbonyl (C=O) groups is 2. The summed E-state index contributed by atoms with van der Waals surface area (Å²) in [6.45, 7) is 0.419. The van der Waals surface area contributed by atoms with Crippen LogP contribution in [0.3, 0.4) is 0 Å². The Kier molecular flexibility index (Phi) is 4.07. The fraction of sp³-hybridized carbons (Fsp3) is 0.143. The number of allylic oxidation sites excluding steroid dienone is 3. The lowest BCUT2D eigenvalue weighted by molar-refractivity contribution is -0.115. The third kappa shape index (κ3) is 3.15. The van der Waals surface area contributed by atoms with E-state index in [1.54, 1.807) is 6.07 Å². The molecule has 0 heterocycles. The molecule has 0 aromatic heterocycles. The summed E-state index contributed by atoms with van der Waals surface area (Å²) < 4.78 is 5.40. The van der Waals surface area contributed by atoms with Crippen molar-refractivity contribution in [1.29, 1.82) is 0 Å². The number of carbonyl (C=O) groups excluding carboxylic acids is 2. The molecule has 1 aromatic carbocycles. The third-order valence-electron chi connectivity index (χ3n) is 2.50. The minimum Gasteiger partial charge on any atom is -0.372 e. The van der Waals surface area contributed by atoms with E-state index in [9.17, 15) is 9.59 Å². The lowest BCUT2D eigenvalue weighted by Crippen LogP contribution is -2.12. The van der Waals surface area contributed by atoms with E-state index >= 15 is 0 Å². The van der Waals surface area contributed by atoms with Crippen LogP contribution in [-0.2, 0) is 20.9 Å². The molecule has 0 saturated carbocycles. The van der Waals surface area contributed by atoms with Crippen molar-refractivity contribution in [1.82, 2.24) is 0 Å². The maximum atomic E-state index is 11.4. The molecule has 0 atom stereocenters. The van der Waals surface area contributed by atoms with Crippen molar-refractivity contribution in [2.24, 2.45) is 0 Å². The molecule has 3 nitrogen and oxygen atoms in total. The van der Waals surface area contributed by atoms with Gasteiger partial charge >= 0.3 is 0 Å². The highest BCUT2D eigenvalue weighted by Crippen LogP contribution is 2.16. The Bertz CT molecular complexity index is 544. The van der Waals surface area contributed by atoms with Crippen LogP contribution >= 0.6 is 11.6 Å². The second-order valence-electron chi connectivity index (χ2n) is 3.85. The van der Waals surface area contributed by atoms with Gasteiger partial charge in [0.1, 0.15) is 0 Å². The maximum Gasteiger partial charge on any atom is 0.184 e. The van der Waals surface area contributed by atoms with E-state index in [0.717, 1.165) is 5.56 Å². The first-order valence-corrected chi connectivity index (χ1v) is 5.83. The van der Waals surface area contributed by atoms with E-state index in [0.29, 0.717) is 17.2 Å². The molecule has 0 fully saturated rings. The van der Waals surface area contributed by atoms with Gasteiger partial charge < -0.3 is 4.74 Å². The largest absolute Gasteiger partial charge is 0.372 e. The van der Waals surface area contributed by atoms with Crippen molar-refractivity contribution in [3.05, 3.63) is 58.7 Å². The highest BCUT2D eigenvalue weighted by molar-refractivity contribution is 6.31. The average Bonchev–Trinajstić information content (AvgIpc) is 2.36. The second-order valence-corrected chi connectivity index (χ2v) is 4.26. The van der Waals surface area contributed by atoms with Gasteiger partial charge in [0, 0.05) is 10.6 Å². The summed E-state index contributed by atoms with van der Waals surface area (Å²) in [5.41, 5.74) is 1.22. The van der Waals surface area contributed by atoms with Gasteiger partial charge in [-0.05, 0) is 29.9 Å². The molecule has 4 heteroatoms. The molecule has 18 heavy (non-hydrogen) atoms. The first kappa shape index (κ1) is 12.7. The van der Waals surface area contributed by atoms with Crippen molar-refractivity contribution in [3.8, 4) is 0 Å². The van der Waals surface area contributed by atoms with E-state index in [1.807, 2.05) is 18.2 Å². The molecular weight excluding hydrogens is 252 g/mol. The van der Waals surface area contributed by atoms with Crippen molar-refractivity contribution in [2.45, 2.75) is 6.61 Å². The SMILES string of the molecule is O=C1C=CC(=O)C(COCc2ccccc2Cl)=C1. The van der Waals surface area contributed by atoms with Crippen LogP contribution in [0.2, 0.25) is 5.02 Å². The van der Waals surface area contributed by atoms with Crippen LogP contribution in [-0.4, -0.2) is 18.2 Å². The third-order valence-corrected chi connectivity index (χ3v) is 2.87. The number of ketones is 2. The Hall–Kier alpha value is -1.71. The Balaban J connectivity index is 1.92. The van der Waals surface area contributed by atoms with Crippen LogP contribution in [0.15, 0.2) is 48.1 Å². The summed E-state index contributed by atoms with van der Waals surface area (Å²) >= 11 is 5.97. The van der Waals surface area contributed by atoms with Crippen LogP contribution in [0.4, 0.5) is 0 Å². The minimum absolute atomic E-state index is 0.111. The molecule has 0 amide bonds. The number of hydrogen-bond acceptors (Lipinski definition) is 3. The van der Waals surface area contributed by atoms with Crippen molar-refractivity contribution < 1.29 is 14.3 Å². The van der Waals surface area contributed by atoms with E-state index in [1.165, 1.54) is 18.2 Å². The first-order valence-electron chi connectivity index (χ1n) is 5.45. The van der Waals surface area contributed by atoms with Gasteiger partial charge in [-0.1, -0.05) is 29.8 Å². The van der Waals surface area contributed by atoms with E-state index in [2.05, 4.69) is 0 Å². The predicted molar refractivity (Wildman–Crippen MR) is 68.3 cm³/mol. The quantitative estimate of drug-likeness (QED) is 0.783. The molecule has 1 aromatic rings. The topological polar surface area (TPSA) is 43.4 Å². The molecule has 0 aliphatic heterocycles. The molecule has 1 aliphatic carbocycles. The minimum atomic E-state index is -0.189. The van der Waals surface area contributed by atoms with Crippen LogP contribution < -0.4 is 0 Å². The normalized spacial score (nSPS) is 14.8. The zero-order chi connectivity index (χ0) is 13.0. The number of benzene rings is 1. The van der Waals surface area contributed by atoms with Gasteiger partial charge in [-0.3, -0.25) is 9.59 Å². The van der Waals surface area contributed by atoms with Gasteiger partial charge in [0.2, 0.25) is 0 Å². The van der Waals surface area contributed by atoms with Crippen molar-refractivity contribution in [2.75, 3.05) is 6.61 Å². The highest BCUT2D eigenvalue weighted by Gasteiger charge is 2.13. The van der Waals surface area contributed by atoms with Crippen LogP contribution in [0.25, 0.3) is 0 Å². The predicted octanol–water partition coefficient (Wildman–Crippen LogP) is 2.49. The van der Waals surface area contributed by atoms with E-state index < -0.39 is 0 Å². The molecule has 0 radical (unpaired) electrons. The fourth-order valence-electron chi connectivity index (χ4n) is 1.56. The second kappa shape index (κ2) is 5.76. The number of halogens is 1. The number of hydrogen-bond donors (Lipinski definition) is 0. The lowest BCUT2D eigenvalue weighted by atomic mass is 10.0. The van der Waals surface area contributed by atoms with E-state index in [-0.39, 0.29) is 18.2 Å². The zero-order valence-corrected chi connectivity index (χ0v) is 10.3. The van der Waals surface area contributed by atoms with Gasteiger partial charge in [0.05, 0.1) is 13.2 Å². The molecule has 0 bridgehead atoms. The van der Waals surface area contributed by atoms with Crippen LogP contribution in [0.1, 0.15) is 5.56 Å². The summed E-state index contributed by atoms with van der Waals surface area (Å²) in [5, 5.41) is 0.623. The molecule has 0 saturated heterocycles. The Morgan fingerprint density at radius 2 is 1.83 bits per heavy atom. The molecule has 0 unspecified atom stereocenters. The first-order chi connectivity index (χ1) is 8.66. The summed E-state index contributed by atoms with van der Waals surface area (Å²) in [7, 11) is 0. The summed E-state index contributed by atoms with van der Waals surface area (Å²) in [6, 6.07) is 7.33. The molecule has 0 N–H and O–H groups in total. The van der Waals surface area contributed by atoms with E-state index in [4.69, 9.17) is 16.3 Å². The number of ether oxygens (including phenoxy) is 1. The average molecular weight is 263 g/mol. The van der Waals surface area contributed by atoms with Gasteiger partial charge in [-0.25, -0.2) is 0 Å². The van der Waals surface area contributed by atoms with Gasteiger partial charge in [0.25, 0.3) is 0 Å². The smallest absolute Gasteiger partial charge is 0.184 e. The van der Waals surface area contributed by atoms with Crippen molar-refractivity contribution >= 4 is 23.2 Å². The molecule has 2 rings (SSSR count). The van der Waals surface area contributed by atoms with Crippen molar-refractivity contribution in [3.63, 3.8) is 0 Å². The molecule has 92 valence electrons. The van der Waals surface area contributed by atoms with Gasteiger partial charge in [-0.15, -0.1) is 0 Å². The lowest BCUT2D eigenvalue weighted by Gasteiger charge is -2.09. The summed E-state index contributed by atoms with van der Waals surface area (Å²) in [4.78, 5) is 22.5. The Labute approximate surface area is 110 Å². The Morgan fingerprint density at radius 1 is 1.06 bits per heavy atom. The molecular formula is C14H11ClO3. The summed E-state index contributed by atoms with van der Waals surface area (Å²) in [5.74, 6) is -0.375. The maximum absolute atomic E-state index is 11.4. The standard InChI is InChI=1S/C14H11ClO3/c15-13-4-2-1-3-10(13)8-18-9-11-7-12(16)5-6-14(11)17/h1-7H,8-9H2. The van der Waals surface area contributed by atoms with Gasteiger partial charge in [-0.2, -0.15) is 0 Å². The monoisotopic (exact) mass is 262 g/mol. The fourth-order valence-corrected chi connectivity index (χ4v) is 1.75. The molecule has 0 spiro atoms.